The highest BCUT2D eigenvalue weighted by atomic mass is 16.3. The van der Waals surface area contributed by atoms with E-state index < -0.39 is 0 Å². The summed E-state index contributed by atoms with van der Waals surface area (Å²) in [6, 6.07) is 20.2. The predicted molar refractivity (Wildman–Crippen MR) is 135 cm³/mol. The summed E-state index contributed by atoms with van der Waals surface area (Å²) < 4.78 is 6.65. The van der Waals surface area contributed by atoms with Crippen molar-refractivity contribution in [2.45, 2.75) is 78.6 Å². The summed E-state index contributed by atoms with van der Waals surface area (Å²) in [6.45, 7) is 20.5. The van der Waals surface area contributed by atoms with Crippen LogP contribution in [0.3, 0.4) is 0 Å². The summed E-state index contributed by atoms with van der Waals surface area (Å²) in [5, 5.41) is 2.39. The Kier molecular flexibility index (Phi) is 4.89. The number of fused-ring (bicyclic) bond motifs is 3. The number of rotatable bonds is 1. The lowest BCUT2D eigenvalue weighted by atomic mass is 9.79. The molecule has 31 heavy (non-hydrogen) atoms. The molecule has 1 aromatic heterocycles. The Labute approximate surface area is 187 Å². The van der Waals surface area contributed by atoms with E-state index >= 15 is 0 Å². The van der Waals surface area contributed by atoms with Gasteiger partial charge in [0, 0.05) is 21.9 Å². The van der Waals surface area contributed by atoms with Gasteiger partial charge in [-0.05, 0) is 32.9 Å². The van der Waals surface area contributed by atoms with Gasteiger partial charge in [-0.15, -0.1) is 0 Å². The maximum absolute atomic E-state index is 6.65. The summed E-state index contributed by atoms with van der Waals surface area (Å²) in [4.78, 5) is 0. The van der Waals surface area contributed by atoms with Crippen LogP contribution < -0.4 is 0 Å². The minimum absolute atomic E-state index is 0.0269. The Hall–Kier alpha value is -2.54. The molecule has 1 nitrogen and oxygen atoms in total. The Morgan fingerprint density at radius 2 is 1.06 bits per heavy atom. The van der Waals surface area contributed by atoms with E-state index in [9.17, 15) is 0 Å². The standard InChI is InChI=1S/C30H36O/c1-28(2,3)20-16-19(17-21(18-20)29(4,5)6)22-12-10-13-23-24-14-11-15-25(30(7,8)9)27(24)31-26(22)23/h10-18H,1-9H3. The number of hydrogen-bond acceptors (Lipinski definition) is 1. The van der Waals surface area contributed by atoms with Crippen LogP contribution in [-0.2, 0) is 16.2 Å². The molecule has 162 valence electrons. The molecule has 0 bridgehead atoms. The van der Waals surface area contributed by atoms with Gasteiger partial charge < -0.3 is 4.42 Å². The molecule has 0 amide bonds. The highest BCUT2D eigenvalue weighted by Crippen LogP contribution is 2.41. The third kappa shape index (κ3) is 3.91. The summed E-state index contributed by atoms with van der Waals surface area (Å²) in [5.41, 5.74) is 8.57. The zero-order valence-electron chi connectivity index (χ0n) is 20.6. The SMILES string of the molecule is CC(C)(C)c1cc(-c2cccc3c2oc2c(C(C)(C)C)cccc23)cc(C(C)(C)C)c1. The average Bonchev–Trinajstić information content (AvgIpc) is 3.04. The smallest absolute Gasteiger partial charge is 0.143 e. The third-order valence-corrected chi connectivity index (χ3v) is 6.31. The molecule has 0 fully saturated rings. The monoisotopic (exact) mass is 412 g/mol. The summed E-state index contributed by atoms with van der Waals surface area (Å²) in [7, 11) is 0. The van der Waals surface area contributed by atoms with Crippen molar-refractivity contribution in [1.29, 1.82) is 0 Å². The van der Waals surface area contributed by atoms with Gasteiger partial charge in [0.05, 0.1) is 0 Å². The molecule has 1 heterocycles. The van der Waals surface area contributed by atoms with Gasteiger partial charge in [-0.2, -0.15) is 0 Å². The lowest BCUT2D eigenvalue weighted by molar-refractivity contribution is 0.568. The van der Waals surface area contributed by atoms with Crippen LogP contribution in [0.15, 0.2) is 59.0 Å². The molecule has 1 heteroatoms. The number of benzene rings is 3. The Morgan fingerprint density at radius 1 is 0.548 bits per heavy atom. The first-order valence-electron chi connectivity index (χ1n) is 11.4. The molecule has 0 saturated carbocycles. The molecule has 0 spiro atoms. The lowest BCUT2D eigenvalue weighted by Gasteiger charge is -2.26. The van der Waals surface area contributed by atoms with Gasteiger partial charge in [0.1, 0.15) is 11.2 Å². The zero-order valence-corrected chi connectivity index (χ0v) is 20.6. The van der Waals surface area contributed by atoms with Gasteiger partial charge in [-0.3, -0.25) is 0 Å². The van der Waals surface area contributed by atoms with Crippen molar-refractivity contribution >= 4 is 21.9 Å². The Bertz CT molecular complexity index is 1230. The maximum Gasteiger partial charge on any atom is 0.143 e. The van der Waals surface area contributed by atoms with Crippen LogP contribution in [0.2, 0.25) is 0 Å². The molecule has 0 aliphatic rings. The highest BCUT2D eigenvalue weighted by molar-refractivity contribution is 6.10. The molecule has 4 rings (SSSR count). The minimum Gasteiger partial charge on any atom is -0.455 e. The van der Waals surface area contributed by atoms with Gasteiger partial charge in [0.2, 0.25) is 0 Å². The predicted octanol–water partition coefficient (Wildman–Crippen LogP) is 9.15. The van der Waals surface area contributed by atoms with E-state index in [0.717, 1.165) is 11.2 Å². The number of hydrogen-bond donors (Lipinski definition) is 0. The molecule has 0 saturated heterocycles. The fourth-order valence-electron chi connectivity index (χ4n) is 4.29. The van der Waals surface area contributed by atoms with E-state index in [4.69, 9.17) is 4.42 Å². The van der Waals surface area contributed by atoms with Crippen LogP contribution >= 0.6 is 0 Å². The molecule has 0 N–H and O–H groups in total. The quantitative estimate of drug-likeness (QED) is 0.304. The summed E-state index contributed by atoms with van der Waals surface area (Å²) in [6.07, 6.45) is 0. The van der Waals surface area contributed by atoms with Crippen molar-refractivity contribution in [2.24, 2.45) is 0 Å². The van der Waals surface area contributed by atoms with Crippen molar-refractivity contribution in [3.63, 3.8) is 0 Å². The molecule has 0 aliphatic heterocycles. The van der Waals surface area contributed by atoms with E-state index in [1.54, 1.807) is 0 Å². The summed E-state index contributed by atoms with van der Waals surface area (Å²) >= 11 is 0. The van der Waals surface area contributed by atoms with Crippen molar-refractivity contribution in [2.75, 3.05) is 0 Å². The maximum atomic E-state index is 6.65. The Balaban J connectivity index is 2.05. The highest BCUT2D eigenvalue weighted by Gasteiger charge is 2.24. The zero-order chi connectivity index (χ0) is 22.8. The first-order chi connectivity index (χ1) is 14.3. The van der Waals surface area contributed by atoms with Crippen LogP contribution in [-0.4, -0.2) is 0 Å². The van der Waals surface area contributed by atoms with Gasteiger partial charge in [0.25, 0.3) is 0 Å². The van der Waals surface area contributed by atoms with Crippen molar-refractivity contribution < 1.29 is 4.42 Å². The third-order valence-electron chi connectivity index (χ3n) is 6.31. The lowest BCUT2D eigenvalue weighted by Crippen LogP contribution is -2.16. The fourth-order valence-corrected chi connectivity index (χ4v) is 4.29. The van der Waals surface area contributed by atoms with Crippen molar-refractivity contribution in [3.8, 4) is 11.1 Å². The Morgan fingerprint density at radius 3 is 1.58 bits per heavy atom. The van der Waals surface area contributed by atoms with Crippen LogP contribution in [0.25, 0.3) is 33.1 Å². The molecule has 3 aromatic carbocycles. The number of furan rings is 1. The fraction of sp³-hybridized carbons (Fsp3) is 0.400. The van der Waals surface area contributed by atoms with E-state index in [-0.39, 0.29) is 16.2 Å². The largest absolute Gasteiger partial charge is 0.455 e. The van der Waals surface area contributed by atoms with E-state index in [1.165, 1.54) is 38.6 Å². The second-order valence-corrected chi connectivity index (χ2v) is 12.0. The van der Waals surface area contributed by atoms with Crippen molar-refractivity contribution in [3.05, 3.63) is 71.3 Å². The number of para-hydroxylation sites is 2. The van der Waals surface area contributed by atoms with Crippen LogP contribution in [0.1, 0.15) is 79.0 Å². The van der Waals surface area contributed by atoms with Crippen LogP contribution in [0.5, 0.6) is 0 Å². The molecule has 0 unspecified atom stereocenters. The molecular formula is C30H36O. The van der Waals surface area contributed by atoms with Gasteiger partial charge in [-0.1, -0.05) is 117 Å². The first-order valence-corrected chi connectivity index (χ1v) is 11.4. The van der Waals surface area contributed by atoms with Gasteiger partial charge in [0.15, 0.2) is 0 Å². The van der Waals surface area contributed by atoms with E-state index in [1.807, 2.05) is 0 Å². The van der Waals surface area contributed by atoms with E-state index in [2.05, 4.69) is 117 Å². The average molecular weight is 413 g/mol. The molecular weight excluding hydrogens is 376 g/mol. The van der Waals surface area contributed by atoms with Crippen LogP contribution in [0, 0.1) is 0 Å². The second kappa shape index (κ2) is 6.99. The van der Waals surface area contributed by atoms with E-state index in [0.29, 0.717) is 0 Å². The molecule has 0 radical (unpaired) electrons. The normalized spacial score (nSPS) is 13.3. The topological polar surface area (TPSA) is 13.1 Å². The summed E-state index contributed by atoms with van der Waals surface area (Å²) in [5.74, 6) is 0. The van der Waals surface area contributed by atoms with Crippen molar-refractivity contribution in [1.82, 2.24) is 0 Å². The van der Waals surface area contributed by atoms with Crippen LogP contribution in [0.4, 0.5) is 0 Å². The first kappa shape index (κ1) is 21.7. The van der Waals surface area contributed by atoms with Gasteiger partial charge in [-0.25, -0.2) is 0 Å². The second-order valence-electron chi connectivity index (χ2n) is 12.0. The molecule has 0 aliphatic carbocycles. The molecule has 0 atom stereocenters. The minimum atomic E-state index is 0.0269. The molecule has 4 aromatic rings. The van der Waals surface area contributed by atoms with Gasteiger partial charge >= 0.3 is 0 Å².